The first-order valence-electron chi connectivity index (χ1n) is 9.73. The van der Waals surface area contributed by atoms with E-state index < -0.39 is 12.1 Å². The zero-order chi connectivity index (χ0) is 19.4. The topological polar surface area (TPSA) is 75.7 Å². The van der Waals surface area contributed by atoms with Crippen LogP contribution in [0.15, 0.2) is 30.3 Å². The minimum Gasteiger partial charge on any atom is -0.368 e. The van der Waals surface area contributed by atoms with Crippen LogP contribution in [0, 0.1) is 5.92 Å². The SMILES string of the molecule is CC(C)CC(NC(=O)CCc1ccccc1)C(=O)N1CCC2OCC(=O)C21. The Labute approximate surface area is 160 Å². The number of aryl methyl sites for hydroxylation is 1. The summed E-state index contributed by atoms with van der Waals surface area (Å²) in [7, 11) is 0. The maximum absolute atomic E-state index is 13.1. The summed E-state index contributed by atoms with van der Waals surface area (Å²) in [6.45, 7) is 4.63. The lowest BCUT2D eigenvalue weighted by Gasteiger charge is -2.28. The highest BCUT2D eigenvalue weighted by Gasteiger charge is 2.47. The van der Waals surface area contributed by atoms with Crippen LogP contribution in [0.2, 0.25) is 0 Å². The molecule has 2 fully saturated rings. The fourth-order valence-corrected chi connectivity index (χ4v) is 3.90. The van der Waals surface area contributed by atoms with E-state index in [0.717, 1.165) is 5.56 Å². The fraction of sp³-hybridized carbons (Fsp3) is 0.571. The van der Waals surface area contributed by atoms with Crippen LogP contribution in [-0.2, 0) is 25.5 Å². The third kappa shape index (κ3) is 4.75. The van der Waals surface area contributed by atoms with Gasteiger partial charge in [0.15, 0.2) is 5.78 Å². The van der Waals surface area contributed by atoms with Gasteiger partial charge in [-0.3, -0.25) is 14.4 Å². The number of nitrogens with one attached hydrogen (secondary N) is 1. The molecule has 0 saturated carbocycles. The van der Waals surface area contributed by atoms with Gasteiger partial charge in [-0.05, 0) is 30.7 Å². The summed E-state index contributed by atoms with van der Waals surface area (Å²) in [6.07, 6.45) is 2.02. The molecule has 2 amide bonds. The van der Waals surface area contributed by atoms with Crippen molar-refractivity contribution in [1.29, 1.82) is 0 Å². The van der Waals surface area contributed by atoms with Crippen LogP contribution in [-0.4, -0.2) is 53.8 Å². The van der Waals surface area contributed by atoms with Gasteiger partial charge in [-0.25, -0.2) is 0 Å². The number of ether oxygens (including phenoxy) is 1. The summed E-state index contributed by atoms with van der Waals surface area (Å²) in [6, 6.07) is 8.73. The molecule has 1 aromatic rings. The van der Waals surface area contributed by atoms with Crippen LogP contribution in [0.3, 0.4) is 0 Å². The Morgan fingerprint density at radius 3 is 2.70 bits per heavy atom. The Kier molecular flexibility index (Phi) is 6.26. The molecule has 3 atom stereocenters. The van der Waals surface area contributed by atoms with Crippen molar-refractivity contribution in [2.75, 3.05) is 13.2 Å². The van der Waals surface area contributed by atoms with Crippen LogP contribution in [0.4, 0.5) is 0 Å². The molecule has 0 aromatic heterocycles. The van der Waals surface area contributed by atoms with Gasteiger partial charge in [0.25, 0.3) is 0 Å². The van der Waals surface area contributed by atoms with Gasteiger partial charge in [0.1, 0.15) is 18.7 Å². The number of fused-ring (bicyclic) bond motifs is 1. The molecular weight excluding hydrogens is 344 g/mol. The molecule has 0 bridgehead atoms. The summed E-state index contributed by atoms with van der Waals surface area (Å²) in [4.78, 5) is 39.2. The van der Waals surface area contributed by atoms with Crippen molar-refractivity contribution in [2.24, 2.45) is 5.92 Å². The van der Waals surface area contributed by atoms with E-state index in [9.17, 15) is 14.4 Å². The van der Waals surface area contributed by atoms with Gasteiger partial charge < -0.3 is 15.0 Å². The highest BCUT2D eigenvalue weighted by Crippen LogP contribution is 2.28. The fourth-order valence-electron chi connectivity index (χ4n) is 3.90. The highest BCUT2D eigenvalue weighted by atomic mass is 16.5. The second-order valence-corrected chi connectivity index (χ2v) is 7.82. The second kappa shape index (κ2) is 8.65. The molecule has 2 aliphatic heterocycles. The van der Waals surface area contributed by atoms with Crippen molar-refractivity contribution < 1.29 is 19.1 Å². The van der Waals surface area contributed by atoms with Crippen LogP contribution >= 0.6 is 0 Å². The first-order valence-corrected chi connectivity index (χ1v) is 9.73. The van der Waals surface area contributed by atoms with Crippen molar-refractivity contribution in [3.63, 3.8) is 0 Å². The predicted octanol–water partition coefficient (Wildman–Crippen LogP) is 1.72. The number of benzene rings is 1. The maximum atomic E-state index is 13.1. The molecule has 6 heteroatoms. The number of amides is 2. The number of nitrogens with zero attached hydrogens (tertiary/aromatic N) is 1. The Balaban J connectivity index is 1.62. The number of rotatable bonds is 7. The summed E-state index contributed by atoms with van der Waals surface area (Å²) in [5.74, 6) is -0.0856. The van der Waals surface area contributed by atoms with Gasteiger partial charge in [0.05, 0.1) is 6.10 Å². The largest absolute Gasteiger partial charge is 0.368 e. The molecule has 146 valence electrons. The van der Waals surface area contributed by atoms with Crippen molar-refractivity contribution in [3.05, 3.63) is 35.9 Å². The number of hydrogen-bond acceptors (Lipinski definition) is 4. The molecule has 0 spiro atoms. The number of ketones is 1. The van der Waals surface area contributed by atoms with E-state index in [4.69, 9.17) is 4.74 Å². The Bertz CT molecular complexity index is 689. The number of hydrogen-bond donors (Lipinski definition) is 1. The Morgan fingerprint density at radius 1 is 1.26 bits per heavy atom. The van der Waals surface area contributed by atoms with Crippen molar-refractivity contribution >= 4 is 17.6 Å². The minimum atomic E-state index is -0.597. The van der Waals surface area contributed by atoms with E-state index in [2.05, 4.69) is 5.32 Å². The molecular formula is C21H28N2O4. The first kappa shape index (κ1) is 19.5. The van der Waals surface area contributed by atoms with Crippen LogP contribution < -0.4 is 5.32 Å². The normalized spacial score (nSPS) is 22.8. The van der Waals surface area contributed by atoms with Gasteiger partial charge in [0, 0.05) is 13.0 Å². The third-order valence-electron chi connectivity index (χ3n) is 5.22. The summed E-state index contributed by atoms with van der Waals surface area (Å²) < 4.78 is 5.47. The number of Topliss-reactive ketones (excluding diaryl/α,β-unsaturated/α-hetero) is 1. The number of carbonyl (C=O) groups is 3. The monoisotopic (exact) mass is 372 g/mol. The van der Waals surface area contributed by atoms with Gasteiger partial charge in [-0.1, -0.05) is 44.2 Å². The number of carbonyl (C=O) groups excluding carboxylic acids is 3. The smallest absolute Gasteiger partial charge is 0.245 e. The summed E-state index contributed by atoms with van der Waals surface area (Å²) in [5, 5.41) is 2.91. The second-order valence-electron chi connectivity index (χ2n) is 7.82. The molecule has 0 aliphatic carbocycles. The van der Waals surface area contributed by atoms with E-state index in [0.29, 0.717) is 32.2 Å². The molecule has 2 heterocycles. The molecule has 1 N–H and O–H groups in total. The van der Waals surface area contributed by atoms with Crippen molar-refractivity contribution in [1.82, 2.24) is 10.2 Å². The molecule has 6 nitrogen and oxygen atoms in total. The molecule has 2 aliphatic rings. The Hall–Kier alpha value is -2.21. The molecule has 2 saturated heterocycles. The lowest BCUT2D eigenvalue weighted by atomic mass is 10.0. The molecule has 1 aromatic carbocycles. The van der Waals surface area contributed by atoms with Gasteiger partial charge in [-0.2, -0.15) is 0 Å². The zero-order valence-electron chi connectivity index (χ0n) is 16.0. The first-order chi connectivity index (χ1) is 13.0. The highest BCUT2D eigenvalue weighted by molar-refractivity contribution is 5.95. The molecule has 3 rings (SSSR count). The van der Waals surface area contributed by atoms with Gasteiger partial charge in [-0.15, -0.1) is 0 Å². The van der Waals surface area contributed by atoms with Crippen LogP contribution in [0.1, 0.15) is 38.7 Å². The van der Waals surface area contributed by atoms with E-state index in [1.54, 1.807) is 4.90 Å². The lowest BCUT2D eigenvalue weighted by molar-refractivity contribution is -0.140. The molecule has 3 unspecified atom stereocenters. The van der Waals surface area contributed by atoms with Gasteiger partial charge in [0.2, 0.25) is 11.8 Å². The summed E-state index contributed by atoms with van der Waals surface area (Å²) in [5.41, 5.74) is 1.09. The van der Waals surface area contributed by atoms with Gasteiger partial charge >= 0.3 is 0 Å². The van der Waals surface area contributed by atoms with E-state index in [-0.39, 0.29) is 36.2 Å². The molecule has 0 radical (unpaired) electrons. The summed E-state index contributed by atoms with van der Waals surface area (Å²) >= 11 is 0. The van der Waals surface area contributed by atoms with Crippen LogP contribution in [0.25, 0.3) is 0 Å². The standard InChI is InChI=1S/C21H28N2O4/c1-14(2)12-16(22-19(25)9-8-15-6-4-3-5-7-15)21(26)23-11-10-18-20(23)17(24)13-27-18/h3-7,14,16,18,20H,8-13H2,1-2H3,(H,22,25). The van der Waals surface area contributed by atoms with E-state index in [1.165, 1.54) is 0 Å². The number of likely N-dealkylation sites (tertiary alicyclic amines) is 1. The average Bonchev–Trinajstić information content (AvgIpc) is 3.22. The van der Waals surface area contributed by atoms with Crippen molar-refractivity contribution in [3.8, 4) is 0 Å². The average molecular weight is 372 g/mol. The Morgan fingerprint density at radius 2 is 2.00 bits per heavy atom. The maximum Gasteiger partial charge on any atom is 0.245 e. The third-order valence-corrected chi connectivity index (χ3v) is 5.22. The van der Waals surface area contributed by atoms with E-state index in [1.807, 2.05) is 44.2 Å². The van der Waals surface area contributed by atoms with E-state index >= 15 is 0 Å². The zero-order valence-corrected chi connectivity index (χ0v) is 16.0. The lowest BCUT2D eigenvalue weighted by Crippen LogP contribution is -2.52. The minimum absolute atomic E-state index is 0.0375. The predicted molar refractivity (Wildman–Crippen MR) is 101 cm³/mol. The van der Waals surface area contributed by atoms with Crippen LogP contribution in [0.5, 0.6) is 0 Å². The van der Waals surface area contributed by atoms with Crippen molar-refractivity contribution in [2.45, 2.75) is 57.7 Å². The quantitative estimate of drug-likeness (QED) is 0.791. The molecule has 27 heavy (non-hydrogen) atoms.